The maximum Gasteiger partial charge on any atom is 0.410 e. The molecule has 0 spiro atoms. The van der Waals surface area contributed by atoms with Crippen LogP contribution in [0.1, 0.15) is 56.9 Å². The van der Waals surface area contributed by atoms with Crippen LogP contribution in [0.2, 0.25) is 0 Å². The number of nitroso groups, excluding NO2 is 1. The van der Waals surface area contributed by atoms with Crippen molar-refractivity contribution in [1.82, 2.24) is 14.9 Å². The Morgan fingerprint density at radius 2 is 1.71 bits per heavy atom. The van der Waals surface area contributed by atoms with E-state index >= 15 is 0 Å². The van der Waals surface area contributed by atoms with Crippen molar-refractivity contribution in [1.29, 1.82) is 0 Å². The van der Waals surface area contributed by atoms with E-state index in [9.17, 15) is 14.5 Å². The number of primary amides is 1. The first kappa shape index (κ1) is 27.1. The predicted octanol–water partition coefficient (Wildman–Crippen LogP) is 3.87. The molecule has 4 N–H and O–H groups in total. The number of nitrogens with two attached hydrogens (primary N) is 1. The van der Waals surface area contributed by atoms with Crippen molar-refractivity contribution in [3.05, 3.63) is 41.1 Å². The van der Waals surface area contributed by atoms with Crippen LogP contribution in [0.4, 0.5) is 27.8 Å². The number of nitrogens with zero attached hydrogens (tertiary/aromatic N) is 5. The van der Waals surface area contributed by atoms with Gasteiger partial charge in [0.25, 0.3) is 5.91 Å². The van der Waals surface area contributed by atoms with Crippen molar-refractivity contribution >= 4 is 35.0 Å². The molecule has 12 nitrogen and oxygen atoms in total. The summed E-state index contributed by atoms with van der Waals surface area (Å²) in [5.41, 5.74) is 6.82. The molecule has 1 aliphatic heterocycles. The topological polar surface area (TPSA) is 155 Å². The summed E-state index contributed by atoms with van der Waals surface area (Å²) in [6.07, 6.45) is 4.31. The van der Waals surface area contributed by atoms with E-state index in [1.165, 1.54) is 6.20 Å². The van der Waals surface area contributed by atoms with Crippen LogP contribution in [-0.4, -0.2) is 70.7 Å². The van der Waals surface area contributed by atoms with Crippen molar-refractivity contribution in [3.63, 3.8) is 0 Å². The quantitative estimate of drug-likeness (QED) is 0.458. The number of amides is 2. The number of carbonyl (C=O) groups excluding carboxylic acids is 2. The fourth-order valence-electron chi connectivity index (χ4n) is 4.63. The van der Waals surface area contributed by atoms with Crippen LogP contribution in [0.15, 0.2) is 35.6 Å². The molecule has 1 aromatic carbocycles. The molecule has 204 valence electrons. The Hall–Kier alpha value is -3.96. The zero-order chi connectivity index (χ0) is 27.3. The van der Waals surface area contributed by atoms with E-state index in [1.54, 1.807) is 4.90 Å². The first-order valence-electron chi connectivity index (χ1n) is 13.0. The third-order valence-corrected chi connectivity index (χ3v) is 6.63. The number of benzene rings is 1. The molecule has 1 saturated heterocycles. The van der Waals surface area contributed by atoms with E-state index in [0.717, 1.165) is 37.1 Å². The number of hydrogen-bond acceptors (Lipinski definition) is 10. The zero-order valence-corrected chi connectivity index (χ0v) is 22.1. The van der Waals surface area contributed by atoms with Gasteiger partial charge in [-0.15, -0.1) is 0 Å². The summed E-state index contributed by atoms with van der Waals surface area (Å²) in [5.74, 6) is 0.118. The third-order valence-electron chi connectivity index (χ3n) is 6.63. The second kappa shape index (κ2) is 11.6. The average molecular weight is 525 g/mol. The number of ether oxygens (including phenoxy) is 1. The number of hydrogen-bond donors (Lipinski definition) is 3. The van der Waals surface area contributed by atoms with Crippen LogP contribution in [0.3, 0.4) is 0 Å². The molecule has 12 heteroatoms. The Kier molecular flexibility index (Phi) is 8.28. The molecule has 0 radical (unpaired) electrons. The highest BCUT2D eigenvalue weighted by Crippen LogP contribution is 2.26. The number of carbonyl (C=O) groups is 2. The summed E-state index contributed by atoms with van der Waals surface area (Å²) in [4.78, 5) is 47.8. The Morgan fingerprint density at radius 3 is 2.29 bits per heavy atom. The van der Waals surface area contributed by atoms with E-state index in [4.69, 9.17) is 10.5 Å². The van der Waals surface area contributed by atoms with Gasteiger partial charge in [-0.05, 0) is 70.7 Å². The molecule has 1 aliphatic carbocycles. The van der Waals surface area contributed by atoms with Crippen molar-refractivity contribution in [3.8, 4) is 0 Å². The molecule has 2 heterocycles. The standard InChI is InChI=1S/C26H36N8O4/c1-26(2,3)38-25(36)34-14-12-33(13-15-34)20-10-8-18(9-11-20)30-24-22(23(27)35)28-16-21(31-24)29-17-4-6-19(32-37)7-5-17/h8-11,16-17,19H,4-7,12-15H2,1-3H3,(H2,27,35)(H2,29,30,31)/t17-,19-. The summed E-state index contributed by atoms with van der Waals surface area (Å²) < 4.78 is 5.47. The van der Waals surface area contributed by atoms with E-state index in [1.807, 2.05) is 45.0 Å². The maximum atomic E-state index is 12.3. The first-order chi connectivity index (χ1) is 18.1. The van der Waals surface area contributed by atoms with E-state index in [-0.39, 0.29) is 29.7 Å². The highest BCUT2D eigenvalue weighted by atomic mass is 16.6. The lowest BCUT2D eigenvalue weighted by molar-refractivity contribution is 0.0240. The SMILES string of the molecule is CC(C)(C)OC(=O)N1CCN(c2ccc(Nc3nc(N[C@H]4CC[C@H](N=O)CC4)cnc3C(N)=O)cc2)CC1. The van der Waals surface area contributed by atoms with Gasteiger partial charge in [-0.3, -0.25) is 4.79 Å². The van der Waals surface area contributed by atoms with E-state index < -0.39 is 11.5 Å². The zero-order valence-electron chi connectivity index (χ0n) is 22.1. The van der Waals surface area contributed by atoms with Crippen molar-refractivity contribution in [2.75, 3.05) is 41.7 Å². The molecule has 2 aliphatic rings. The van der Waals surface area contributed by atoms with Gasteiger partial charge in [0.05, 0.1) is 12.2 Å². The predicted molar refractivity (Wildman–Crippen MR) is 146 cm³/mol. The molecular weight excluding hydrogens is 488 g/mol. The molecule has 2 fully saturated rings. The Labute approximate surface area is 222 Å². The van der Waals surface area contributed by atoms with Gasteiger partial charge in [0, 0.05) is 43.6 Å². The molecule has 2 amide bonds. The molecule has 38 heavy (non-hydrogen) atoms. The smallest absolute Gasteiger partial charge is 0.410 e. The molecule has 2 aromatic rings. The van der Waals surface area contributed by atoms with E-state index in [0.29, 0.717) is 32.0 Å². The van der Waals surface area contributed by atoms with E-state index in [2.05, 4.69) is 30.7 Å². The highest BCUT2D eigenvalue weighted by molar-refractivity contribution is 5.96. The number of nitrogens with one attached hydrogen (secondary N) is 2. The van der Waals surface area contributed by atoms with Gasteiger partial charge in [-0.1, -0.05) is 5.18 Å². The highest BCUT2D eigenvalue weighted by Gasteiger charge is 2.26. The number of aromatic nitrogens is 2. The van der Waals surface area contributed by atoms with Crippen molar-refractivity contribution in [2.24, 2.45) is 10.9 Å². The summed E-state index contributed by atoms with van der Waals surface area (Å²) in [7, 11) is 0. The van der Waals surface area contributed by atoms with Crippen LogP contribution in [0.25, 0.3) is 0 Å². The van der Waals surface area contributed by atoms with Gasteiger partial charge in [0.15, 0.2) is 11.5 Å². The molecule has 0 bridgehead atoms. The molecule has 1 aromatic heterocycles. The first-order valence-corrected chi connectivity index (χ1v) is 13.0. The second-order valence-electron chi connectivity index (χ2n) is 10.7. The summed E-state index contributed by atoms with van der Waals surface area (Å²) in [5, 5.41) is 9.65. The Morgan fingerprint density at radius 1 is 1.05 bits per heavy atom. The fraction of sp³-hybridized carbons (Fsp3) is 0.538. The lowest BCUT2D eigenvalue weighted by Gasteiger charge is -2.36. The van der Waals surface area contributed by atoms with Gasteiger partial charge in [0.2, 0.25) is 0 Å². The molecule has 0 unspecified atom stereocenters. The Balaban J connectivity index is 1.37. The van der Waals surface area contributed by atoms with Gasteiger partial charge in [0.1, 0.15) is 11.4 Å². The van der Waals surface area contributed by atoms with Crippen LogP contribution < -0.4 is 21.3 Å². The molecule has 1 saturated carbocycles. The second-order valence-corrected chi connectivity index (χ2v) is 10.7. The summed E-state index contributed by atoms with van der Waals surface area (Å²) >= 11 is 0. The van der Waals surface area contributed by atoms with Crippen LogP contribution in [0, 0.1) is 4.91 Å². The minimum Gasteiger partial charge on any atom is -0.444 e. The van der Waals surface area contributed by atoms with Crippen LogP contribution >= 0.6 is 0 Å². The third kappa shape index (κ3) is 7.08. The monoisotopic (exact) mass is 524 g/mol. The lowest BCUT2D eigenvalue weighted by atomic mass is 9.92. The molecule has 4 rings (SSSR count). The minimum absolute atomic E-state index is 0.0479. The number of rotatable bonds is 7. The van der Waals surface area contributed by atoms with Crippen LogP contribution in [-0.2, 0) is 4.74 Å². The average Bonchev–Trinajstić information content (AvgIpc) is 2.89. The van der Waals surface area contributed by atoms with Gasteiger partial charge < -0.3 is 30.9 Å². The normalized spacial score (nSPS) is 20.0. The Bertz CT molecular complexity index is 1130. The maximum absolute atomic E-state index is 12.3. The minimum atomic E-state index is -0.677. The summed E-state index contributed by atoms with van der Waals surface area (Å²) in [6, 6.07) is 7.79. The fourth-order valence-corrected chi connectivity index (χ4v) is 4.63. The molecular formula is C26H36N8O4. The van der Waals surface area contributed by atoms with Gasteiger partial charge in [-0.2, -0.15) is 4.91 Å². The van der Waals surface area contributed by atoms with Crippen molar-refractivity contribution < 1.29 is 14.3 Å². The molecule has 0 atom stereocenters. The lowest BCUT2D eigenvalue weighted by Crippen LogP contribution is -2.50. The largest absolute Gasteiger partial charge is 0.444 e. The number of anilines is 4. The van der Waals surface area contributed by atoms with Gasteiger partial charge >= 0.3 is 6.09 Å². The van der Waals surface area contributed by atoms with Crippen molar-refractivity contribution in [2.45, 2.75) is 64.1 Å². The van der Waals surface area contributed by atoms with Crippen LogP contribution in [0.5, 0.6) is 0 Å². The summed E-state index contributed by atoms with van der Waals surface area (Å²) in [6.45, 7) is 8.14. The number of piperazine rings is 1. The van der Waals surface area contributed by atoms with Gasteiger partial charge in [-0.25, -0.2) is 14.8 Å².